The summed E-state index contributed by atoms with van der Waals surface area (Å²) in [6, 6.07) is 0.798. The number of rotatable bonds is 8. The van der Waals surface area contributed by atoms with Crippen molar-refractivity contribution in [3.63, 3.8) is 0 Å². The van der Waals surface area contributed by atoms with E-state index < -0.39 is 0 Å². The van der Waals surface area contributed by atoms with E-state index in [1.54, 1.807) is 0 Å². The van der Waals surface area contributed by atoms with Crippen LogP contribution in [-0.2, 0) is 0 Å². The van der Waals surface area contributed by atoms with Crippen LogP contribution >= 0.6 is 11.8 Å². The van der Waals surface area contributed by atoms with Gasteiger partial charge in [0.2, 0.25) is 0 Å². The predicted octanol–water partition coefficient (Wildman–Crippen LogP) is 2.59. The molecule has 1 N–H and O–H groups in total. The van der Waals surface area contributed by atoms with Crippen LogP contribution in [0, 0.1) is 0 Å². The Morgan fingerprint density at radius 2 is 2.06 bits per heavy atom. The van der Waals surface area contributed by atoms with E-state index in [0.717, 1.165) is 6.04 Å². The maximum absolute atomic E-state index is 3.69. The molecule has 0 aliphatic carbocycles. The van der Waals surface area contributed by atoms with Crippen molar-refractivity contribution in [2.75, 3.05) is 37.7 Å². The number of hydrogen-bond donors (Lipinski definition) is 1. The van der Waals surface area contributed by atoms with Gasteiger partial charge in [0.25, 0.3) is 0 Å². The summed E-state index contributed by atoms with van der Waals surface area (Å²) in [5.41, 5.74) is 0. The molecule has 0 radical (unpaired) electrons. The van der Waals surface area contributed by atoms with Crippen molar-refractivity contribution in [1.82, 2.24) is 10.2 Å². The van der Waals surface area contributed by atoms with Crippen LogP contribution in [0.25, 0.3) is 0 Å². The number of unbranched alkanes of at least 4 members (excludes halogenated alkanes) is 1. The third-order valence-electron chi connectivity index (χ3n) is 3.39. The van der Waals surface area contributed by atoms with Crippen molar-refractivity contribution in [1.29, 1.82) is 0 Å². The largest absolute Gasteiger partial charge is 0.313 e. The zero-order valence-corrected chi connectivity index (χ0v) is 11.8. The summed E-state index contributed by atoms with van der Waals surface area (Å²) in [5.74, 6) is 2.70. The fourth-order valence-electron chi connectivity index (χ4n) is 2.21. The minimum Gasteiger partial charge on any atom is -0.313 e. The average Bonchev–Trinajstić information content (AvgIpc) is 2.35. The summed E-state index contributed by atoms with van der Waals surface area (Å²) >= 11 is 2.11. The molecule has 1 atom stereocenters. The zero-order valence-electron chi connectivity index (χ0n) is 11.0. The standard InChI is InChI=1S/C13H28N2S/c1-3-15(4-2)10-6-5-9-14-13-8-7-11-16-12-13/h13-14H,3-12H2,1-2H3. The molecule has 1 unspecified atom stereocenters. The third kappa shape index (κ3) is 6.12. The number of thioether (sulfide) groups is 1. The van der Waals surface area contributed by atoms with E-state index in [1.807, 2.05) is 0 Å². The Hall–Kier alpha value is 0.270. The minimum atomic E-state index is 0.798. The highest BCUT2D eigenvalue weighted by molar-refractivity contribution is 7.99. The van der Waals surface area contributed by atoms with Gasteiger partial charge in [-0.1, -0.05) is 13.8 Å². The summed E-state index contributed by atoms with van der Waals surface area (Å²) in [6.45, 7) is 9.38. The summed E-state index contributed by atoms with van der Waals surface area (Å²) in [6.07, 6.45) is 5.47. The molecule has 16 heavy (non-hydrogen) atoms. The first kappa shape index (κ1) is 14.3. The zero-order chi connectivity index (χ0) is 11.6. The lowest BCUT2D eigenvalue weighted by atomic mass is 10.2. The molecule has 0 aromatic rings. The lowest BCUT2D eigenvalue weighted by molar-refractivity contribution is 0.295. The van der Waals surface area contributed by atoms with Crippen LogP contribution in [0.5, 0.6) is 0 Å². The quantitative estimate of drug-likeness (QED) is 0.661. The normalized spacial score (nSPS) is 21.6. The van der Waals surface area contributed by atoms with Crippen LogP contribution in [0.2, 0.25) is 0 Å². The molecular formula is C13H28N2S. The van der Waals surface area contributed by atoms with E-state index in [2.05, 4.69) is 35.8 Å². The molecule has 1 saturated heterocycles. The van der Waals surface area contributed by atoms with Gasteiger partial charge in [0.05, 0.1) is 0 Å². The molecule has 1 heterocycles. The molecule has 1 rings (SSSR count). The van der Waals surface area contributed by atoms with Crippen molar-refractivity contribution < 1.29 is 0 Å². The SMILES string of the molecule is CCN(CC)CCCCNC1CCCSC1. The smallest absolute Gasteiger partial charge is 0.0158 e. The van der Waals surface area contributed by atoms with Crippen LogP contribution in [0.4, 0.5) is 0 Å². The van der Waals surface area contributed by atoms with Gasteiger partial charge in [-0.25, -0.2) is 0 Å². The molecule has 0 spiro atoms. The lowest BCUT2D eigenvalue weighted by Crippen LogP contribution is -2.34. The third-order valence-corrected chi connectivity index (χ3v) is 4.60. The van der Waals surface area contributed by atoms with Crippen molar-refractivity contribution in [3.05, 3.63) is 0 Å². The number of nitrogens with one attached hydrogen (secondary N) is 1. The average molecular weight is 244 g/mol. The van der Waals surface area contributed by atoms with Gasteiger partial charge in [-0.05, 0) is 57.6 Å². The first-order valence-corrected chi connectivity index (χ1v) is 8.05. The summed E-state index contributed by atoms with van der Waals surface area (Å²) in [7, 11) is 0. The van der Waals surface area contributed by atoms with Crippen LogP contribution in [0.15, 0.2) is 0 Å². The van der Waals surface area contributed by atoms with Crippen LogP contribution in [-0.4, -0.2) is 48.6 Å². The Kier molecular flexibility index (Phi) is 8.34. The van der Waals surface area contributed by atoms with Crippen LogP contribution in [0.1, 0.15) is 39.5 Å². The Morgan fingerprint density at radius 1 is 1.25 bits per heavy atom. The highest BCUT2D eigenvalue weighted by atomic mass is 32.2. The fraction of sp³-hybridized carbons (Fsp3) is 1.00. The second kappa shape index (κ2) is 9.32. The molecule has 0 aromatic heterocycles. The first-order chi connectivity index (χ1) is 7.86. The topological polar surface area (TPSA) is 15.3 Å². The summed E-state index contributed by atoms with van der Waals surface area (Å²) in [5, 5.41) is 3.69. The molecule has 0 bridgehead atoms. The van der Waals surface area contributed by atoms with Crippen LogP contribution < -0.4 is 5.32 Å². The summed E-state index contributed by atoms with van der Waals surface area (Å²) < 4.78 is 0. The monoisotopic (exact) mass is 244 g/mol. The Balaban J connectivity index is 1.90. The lowest BCUT2D eigenvalue weighted by Gasteiger charge is -2.23. The van der Waals surface area contributed by atoms with Gasteiger partial charge in [0.1, 0.15) is 0 Å². The molecule has 0 amide bonds. The Bertz CT molecular complexity index is 154. The highest BCUT2D eigenvalue weighted by Gasteiger charge is 2.11. The molecule has 96 valence electrons. The molecule has 0 aromatic carbocycles. The number of nitrogens with zero attached hydrogens (tertiary/aromatic N) is 1. The van der Waals surface area contributed by atoms with E-state index in [4.69, 9.17) is 0 Å². The maximum atomic E-state index is 3.69. The van der Waals surface area contributed by atoms with Crippen molar-refractivity contribution in [3.8, 4) is 0 Å². The maximum Gasteiger partial charge on any atom is 0.0158 e. The molecular weight excluding hydrogens is 216 g/mol. The van der Waals surface area contributed by atoms with Gasteiger partial charge in [-0.3, -0.25) is 0 Å². The molecule has 0 saturated carbocycles. The molecule has 1 fully saturated rings. The Morgan fingerprint density at radius 3 is 2.69 bits per heavy atom. The first-order valence-electron chi connectivity index (χ1n) is 6.90. The second-order valence-corrected chi connectivity index (χ2v) is 5.75. The van der Waals surface area contributed by atoms with E-state index in [0.29, 0.717) is 0 Å². The molecule has 2 nitrogen and oxygen atoms in total. The fourth-order valence-corrected chi connectivity index (χ4v) is 3.31. The number of hydrogen-bond acceptors (Lipinski definition) is 3. The van der Waals surface area contributed by atoms with E-state index in [1.165, 1.54) is 63.4 Å². The van der Waals surface area contributed by atoms with Gasteiger partial charge in [0, 0.05) is 11.8 Å². The van der Waals surface area contributed by atoms with Gasteiger partial charge in [-0.2, -0.15) is 11.8 Å². The van der Waals surface area contributed by atoms with E-state index in [-0.39, 0.29) is 0 Å². The predicted molar refractivity (Wildman–Crippen MR) is 75.4 cm³/mol. The minimum absolute atomic E-state index is 0.798. The van der Waals surface area contributed by atoms with Gasteiger partial charge in [0.15, 0.2) is 0 Å². The molecule has 3 heteroatoms. The molecule has 1 aliphatic rings. The van der Waals surface area contributed by atoms with Crippen molar-refractivity contribution in [2.45, 2.75) is 45.6 Å². The van der Waals surface area contributed by atoms with Crippen molar-refractivity contribution >= 4 is 11.8 Å². The summed E-state index contributed by atoms with van der Waals surface area (Å²) in [4.78, 5) is 2.51. The highest BCUT2D eigenvalue weighted by Crippen LogP contribution is 2.16. The van der Waals surface area contributed by atoms with Crippen LogP contribution in [0.3, 0.4) is 0 Å². The van der Waals surface area contributed by atoms with Gasteiger partial charge in [-0.15, -0.1) is 0 Å². The molecule has 1 aliphatic heterocycles. The van der Waals surface area contributed by atoms with E-state index in [9.17, 15) is 0 Å². The Labute approximate surface area is 106 Å². The van der Waals surface area contributed by atoms with Crippen molar-refractivity contribution in [2.24, 2.45) is 0 Å². The second-order valence-electron chi connectivity index (χ2n) is 4.60. The van der Waals surface area contributed by atoms with Gasteiger partial charge >= 0.3 is 0 Å². The van der Waals surface area contributed by atoms with E-state index >= 15 is 0 Å². The van der Waals surface area contributed by atoms with Gasteiger partial charge < -0.3 is 10.2 Å².